The van der Waals surface area contributed by atoms with Crippen molar-refractivity contribution in [1.82, 2.24) is 4.98 Å². The van der Waals surface area contributed by atoms with Gasteiger partial charge in [0.25, 0.3) is 10.1 Å². The Balaban J connectivity index is 1.56. The number of aromatic nitrogens is 1. The van der Waals surface area contributed by atoms with Crippen molar-refractivity contribution in [2.75, 3.05) is 0 Å². The molecule has 1 N–H and O–H groups in total. The van der Waals surface area contributed by atoms with Gasteiger partial charge in [-0.15, -0.1) is 0 Å². The van der Waals surface area contributed by atoms with Gasteiger partial charge in [0.1, 0.15) is 5.76 Å². The second-order valence-electron chi connectivity index (χ2n) is 6.86. The molecule has 0 unspecified atom stereocenters. The third-order valence-corrected chi connectivity index (χ3v) is 5.83. The van der Waals surface area contributed by atoms with Crippen molar-refractivity contribution in [3.63, 3.8) is 0 Å². The molecule has 1 aliphatic carbocycles. The average molecular weight is 363 g/mol. The zero-order valence-corrected chi connectivity index (χ0v) is 15.4. The fourth-order valence-electron chi connectivity index (χ4n) is 3.49. The van der Waals surface area contributed by atoms with Crippen LogP contribution in [0.5, 0.6) is 0 Å². The minimum atomic E-state index is -4.12. The van der Waals surface area contributed by atoms with Crippen LogP contribution >= 0.6 is 0 Å². The van der Waals surface area contributed by atoms with Crippen LogP contribution in [-0.4, -0.2) is 18.0 Å². The van der Waals surface area contributed by atoms with Crippen LogP contribution in [0.2, 0.25) is 0 Å². The number of oxazole rings is 1. The summed E-state index contributed by atoms with van der Waals surface area (Å²) < 4.78 is 37.0. The second-order valence-corrected chi connectivity index (χ2v) is 8.28. The van der Waals surface area contributed by atoms with E-state index in [0.717, 1.165) is 42.2 Å². The molecule has 0 saturated heterocycles. The van der Waals surface area contributed by atoms with E-state index in [0.29, 0.717) is 5.92 Å². The van der Waals surface area contributed by atoms with Gasteiger partial charge in [0.2, 0.25) is 0 Å². The second kappa shape index (κ2) is 7.70. The molecule has 6 heteroatoms. The van der Waals surface area contributed by atoms with Crippen LogP contribution in [0.25, 0.3) is 0 Å². The topological polar surface area (TPSA) is 80.4 Å². The van der Waals surface area contributed by atoms with Gasteiger partial charge in [0, 0.05) is 5.92 Å². The summed E-state index contributed by atoms with van der Waals surface area (Å²) in [6, 6.07) is 6.36. The number of nitrogens with zero attached hydrogens (tertiary/aromatic N) is 1. The Bertz CT molecular complexity index is 802. The lowest BCUT2D eigenvalue weighted by atomic mass is 9.89. The molecule has 136 valence electrons. The van der Waals surface area contributed by atoms with E-state index in [2.05, 4.69) is 0 Å². The van der Waals surface area contributed by atoms with E-state index in [4.69, 9.17) is 14.0 Å². The maximum Gasteiger partial charge on any atom is 0.294 e. The summed E-state index contributed by atoms with van der Waals surface area (Å²) in [7, 11) is -4.12. The van der Waals surface area contributed by atoms with Crippen LogP contribution in [0, 0.1) is 6.92 Å². The Labute approximate surface area is 149 Å². The van der Waals surface area contributed by atoms with Crippen molar-refractivity contribution in [2.45, 2.75) is 69.1 Å². The Kier molecular flexibility index (Phi) is 5.59. The summed E-state index contributed by atoms with van der Waals surface area (Å²) in [5.74, 6) is 2.31. The Morgan fingerprint density at radius 3 is 2.44 bits per heavy atom. The van der Waals surface area contributed by atoms with Crippen molar-refractivity contribution in [1.29, 1.82) is 0 Å². The molecule has 0 aliphatic heterocycles. The first kappa shape index (κ1) is 18.1. The van der Waals surface area contributed by atoms with Gasteiger partial charge in [-0.2, -0.15) is 8.42 Å². The molecule has 1 aromatic heterocycles. The number of hydrogen-bond acceptors (Lipinski definition) is 4. The maximum atomic E-state index is 11.1. The highest BCUT2D eigenvalue weighted by Gasteiger charge is 2.21. The number of aryl methyl sites for hydroxylation is 3. The predicted octanol–water partition coefficient (Wildman–Crippen LogP) is 4.45. The molecular formula is C19H25NO4S. The van der Waals surface area contributed by atoms with Crippen LogP contribution in [0.3, 0.4) is 0 Å². The fraction of sp³-hybridized carbons (Fsp3) is 0.526. The summed E-state index contributed by atoms with van der Waals surface area (Å²) >= 11 is 0. The van der Waals surface area contributed by atoms with Gasteiger partial charge in [-0.3, -0.25) is 4.55 Å². The molecule has 3 rings (SSSR count). The number of benzene rings is 1. The highest BCUT2D eigenvalue weighted by molar-refractivity contribution is 7.85. The molecule has 1 fully saturated rings. The van der Waals surface area contributed by atoms with Crippen LogP contribution in [0.4, 0.5) is 0 Å². The van der Waals surface area contributed by atoms with E-state index in [1.807, 2.05) is 6.92 Å². The smallest absolute Gasteiger partial charge is 0.294 e. The average Bonchev–Trinajstić information content (AvgIpc) is 2.96. The van der Waals surface area contributed by atoms with Gasteiger partial charge >= 0.3 is 0 Å². The van der Waals surface area contributed by atoms with Crippen molar-refractivity contribution < 1.29 is 17.4 Å². The van der Waals surface area contributed by atoms with E-state index < -0.39 is 10.1 Å². The van der Waals surface area contributed by atoms with Gasteiger partial charge in [0.05, 0.1) is 10.6 Å². The van der Waals surface area contributed by atoms with E-state index in [1.165, 1.54) is 44.2 Å². The van der Waals surface area contributed by atoms with E-state index in [-0.39, 0.29) is 4.90 Å². The molecule has 25 heavy (non-hydrogen) atoms. The lowest BCUT2D eigenvalue weighted by Crippen LogP contribution is -2.04. The molecule has 1 saturated carbocycles. The van der Waals surface area contributed by atoms with E-state index >= 15 is 0 Å². The monoisotopic (exact) mass is 363 g/mol. The highest BCUT2D eigenvalue weighted by atomic mass is 32.2. The first-order valence-corrected chi connectivity index (χ1v) is 10.4. The van der Waals surface area contributed by atoms with Gasteiger partial charge < -0.3 is 4.42 Å². The molecule has 0 atom stereocenters. The molecule has 1 aliphatic rings. The van der Waals surface area contributed by atoms with Crippen molar-refractivity contribution in [3.05, 3.63) is 47.2 Å². The first-order chi connectivity index (χ1) is 11.9. The van der Waals surface area contributed by atoms with Crippen LogP contribution < -0.4 is 0 Å². The Morgan fingerprint density at radius 1 is 1.12 bits per heavy atom. The summed E-state index contributed by atoms with van der Waals surface area (Å²) in [6.07, 6.45) is 8.81. The minimum Gasteiger partial charge on any atom is -0.445 e. The molecular weight excluding hydrogens is 338 g/mol. The lowest BCUT2D eigenvalue weighted by Gasteiger charge is -2.17. The summed E-state index contributed by atoms with van der Waals surface area (Å²) in [5.41, 5.74) is 2.08. The molecule has 1 heterocycles. The lowest BCUT2D eigenvalue weighted by molar-refractivity contribution is 0.356. The fourth-order valence-corrected chi connectivity index (χ4v) is 3.97. The van der Waals surface area contributed by atoms with Gasteiger partial charge in [0.15, 0.2) is 5.89 Å². The van der Waals surface area contributed by atoms with Crippen LogP contribution in [0.15, 0.2) is 33.6 Å². The molecule has 0 amide bonds. The van der Waals surface area contributed by atoms with Gasteiger partial charge in [-0.1, -0.05) is 31.4 Å². The third kappa shape index (κ3) is 4.70. The number of hydrogen-bond donors (Lipinski definition) is 1. The van der Waals surface area contributed by atoms with Crippen LogP contribution in [0.1, 0.15) is 67.4 Å². The molecule has 5 nitrogen and oxygen atoms in total. The van der Waals surface area contributed by atoms with E-state index in [9.17, 15) is 8.42 Å². The normalized spacial score (nSPS) is 16.2. The Morgan fingerprint density at radius 2 is 1.80 bits per heavy atom. The van der Waals surface area contributed by atoms with Crippen molar-refractivity contribution >= 4 is 10.1 Å². The summed E-state index contributed by atoms with van der Waals surface area (Å²) in [6.45, 7) is 1.98. The van der Waals surface area contributed by atoms with Crippen LogP contribution in [-0.2, 0) is 23.0 Å². The largest absolute Gasteiger partial charge is 0.445 e. The summed E-state index contributed by atoms with van der Waals surface area (Å²) in [4.78, 5) is 4.66. The molecule has 0 bridgehead atoms. The van der Waals surface area contributed by atoms with Crippen molar-refractivity contribution in [2.24, 2.45) is 0 Å². The minimum absolute atomic E-state index is 0.0688. The van der Waals surface area contributed by atoms with E-state index in [1.54, 1.807) is 12.1 Å². The summed E-state index contributed by atoms with van der Waals surface area (Å²) in [5, 5.41) is 0. The zero-order valence-electron chi connectivity index (χ0n) is 14.6. The third-order valence-electron chi connectivity index (χ3n) is 4.96. The molecule has 0 radical (unpaired) electrons. The van der Waals surface area contributed by atoms with Gasteiger partial charge in [-0.05, 0) is 56.7 Å². The zero-order chi connectivity index (χ0) is 17.9. The predicted molar refractivity (Wildman–Crippen MR) is 95.3 cm³/mol. The Hall–Kier alpha value is -1.66. The molecule has 1 aromatic carbocycles. The maximum absolute atomic E-state index is 11.1. The SMILES string of the molecule is Cc1oc(C2CCCCC2)nc1CCCc1ccc(S(=O)(=O)O)cc1. The first-order valence-electron chi connectivity index (χ1n) is 8.96. The van der Waals surface area contributed by atoms with Gasteiger partial charge in [-0.25, -0.2) is 4.98 Å². The quantitative estimate of drug-likeness (QED) is 0.767. The van der Waals surface area contributed by atoms with Crippen molar-refractivity contribution in [3.8, 4) is 0 Å². The standard InChI is InChI=1S/C19H25NO4S/c1-14-18(20-19(24-14)16-7-3-2-4-8-16)9-5-6-15-10-12-17(13-11-15)25(21,22)23/h10-13,16H,2-9H2,1H3,(H,21,22,23). The highest BCUT2D eigenvalue weighted by Crippen LogP contribution is 2.33. The molecule has 2 aromatic rings. The molecule has 0 spiro atoms. The number of rotatable bonds is 6.